The molecule has 0 aliphatic heterocycles. The number of nitrogens with one attached hydrogen (secondary N) is 1. The van der Waals surface area contributed by atoms with Gasteiger partial charge in [-0.05, 0) is 19.1 Å². The van der Waals surface area contributed by atoms with E-state index in [0.29, 0.717) is 0 Å². The number of halogens is 5. The molecule has 1 rings (SSSR count). The Morgan fingerprint density at radius 2 is 1.85 bits per heavy atom. The molecule has 0 heterocycles. The van der Waals surface area contributed by atoms with Gasteiger partial charge in [0.05, 0.1) is 0 Å². The smallest absolute Gasteiger partial charge is 0.471 e. The molecule has 0 aliphatic rings. The Bertz CT molecular complexity index is 561. The van der Waals surface area contributed by atoms with Crippen molar-refractivity contribution in [3.8, 4) is 0 Å². The van der Waals surface area contributed by atoms with Gasteiger partial charge in [0.25, 0.3) is 0 Å². The van der Waals surface area contributed by atoms with Crippen LogP contribution in [0.5, 0.6) is 0 Å². The first kappa shape index (κ1) is 16.4. The normalized spacial score (nSPS) is 14.5. The van der Waals surface area contributed by atoms with Gasteiger partial charge in [0.2, 0.25) is 0 Å². The van der Waals surface area contributed by atoms with Gasteiger partial charge in [-0.15, -0.1) is 0 Å². The summed E-state index contributed by atoms with van der Waals surface area (Å²) in [7, 11) is 0. The number of carboxylic acid groups (broad SMARTS) is 1. The lowest BCUT2D eigenvalue weighted by atomic mass is 9.92. The van der Waals surface area contributed by atoms with Gasteiger partial charge in [0.1, 0.15) is 5.82 Å². The van der Waals surface area contributed by atoms with Gasteiger partial charge in [-0.1, -0.05) is 22.0 Å². The van der Waals surface area contributed by atoms with Gasteiger partial charge < -0.3 is 10.4 Å². The van der Waals surface area contributed by atoms with E-state index < -0.39 is 29.4 Å². The zero-order valence-electron chi connectivity index (χ0n) is 9.89. The summed E-state index contributed by atoms with van der Waals surface area (Å²) < 4.78 is 49.6. The van der Waals surface area contributed by atoms with E-state index in [-0.39, 0.29) is 10.0 Å². The van der Waals surface area contributed by atoms with Crippen LogP contribution in [0.3, 0.4) is 0 Å². The highest BCUT2D eigenvalue weighted by molar-refractivity contribution is 9.10. The lowest BCUT2D eigenvalue weighted by Gasteiger charge is -2.28. The van der Waals surface area contributed by atoms with E-state index in [1.165, 1.54) is 5.32 Å². The Morgan fingerprint density at radius 3 is 2.25 bits per heavy atom. The van der Waals surface area contributed by atoms with E-state index in [0.717, 1.165) is 25.1 Å². The monoisotopic (exact) mass is 357 g/mol. The van der Waals surface area contributed by atoms with Crippen LogP contribution in [0.25, 0.3) is 0 Å². The topological polar surface area (TPSA) is 66.4 Å². The second-order valence-corrected chi connectivity index (χ2v) is 4.86. The highest BCUT2D eigenvalue weighted by Crippen LogP contribution is 2.30. The minimum Gasteiger partial charge on any atom is -0.479 e. The van der Waals surface area contributed by atoms with Crippen LogP contribution in [0, 0.1) is 5.82 Å². The van der Waals surface area contributed by atoms with Crippen molar-refractivity contribution < 1.29 is 32.3 Å². The maximum Gasteiger partial charge on any atom is 0.471 e. The molecule has 0 saturated carbocycles. The maximum absolute atomic E-state index is 12.9. The molecule has 0 spiro atoms. The number of carbonyl (C=O) groups excluding carboxylic acids is 1. The van der Waals surface area contributed by atoms with Crippen LogP contribution in [0.4, 0.5) is 17.6 Å². The minimum absolute atomic E-state index is 0.0788. The van der Waals surface area contributed by atoms with Crippen LogP contribution >= 0.6 is 15.9 Å². The summed E-state index contributed by atoms with van der Waals surface area (Å²) in [6, 6.07) is 2.74. The van der Waals surface area contributed by atoms with Crippen LogP contribution < -0.4 is 5.32 Å². The third kappa shape index (κ3) is 3.27. The van der Waals surface area contributed by atoms with Crippen molar-refractivity contribution in [2.45, 2.75) is 18.6 Å². The number of benzene rings is 1. The lowest BCUT2D eigenvalue weighted by molar-refractivity contribution is -0.177. The molecule has 1 atom stereocenters. The molecule has 0 radical (unpaired) electrons. The molecule has 2 N–H and O–H groups in total. The van der Waals surface area contributed by atoms with Crippen molar-refractivity contribution in [3.05, 3.63) is 34.1 Å². The summed E-state index contributed by atoms with van der Waals surface area (Å²) in [4.78, 5) is 22.2. The summed E-state index contributed by atoms with van der Waals surface area (Å²) in [6.45, 7) is 0.872. The predicted octanol–water partition coefficient (Wildman–Crippen LogP) is 2.57. The predicted molar refractivity (Wildman–Crippen MR) is 63.3 cm³/mol. The maximum atomic E-state index is 12.9. The molecule has 110 valence electrons. The molecule has 1 unspecified atom stereocenters. The summed E-state index contributed by atoms with van der Waals surface area (Å²) in [5, 5.41) is 10.5. The third-order valence-corrected chi connectivity index (χ3v) is 3.17. The van der Waals surface area contributed by atoms with Crippen molar-refractivity contribution in [3.63, 3.8) is 0 Å². The number of carboxylic acids is 1. The molecule has 20 heavy (non-hydrogen) atoms. The number of amides is 1. The fourth-order valence-electron chi connectivity index (χ4n) is 1.43. The Balaban J connectivity index is 3.29. The molecule has 1 aromatic rings. The molecule has 0 aromatic heterocycles. The van der Waals surface area contributed by atoms with Crippen molar-refractivity contribution >= 4 is 27.8 Å². The highest BCUT2D eigenvalue weighted by Gasteiger charge is 2.46. The van der Waals surface area contributed by atoms with Crippen molar-refractivity contribution in [2.24, 2.45) is 0 Å². The molecule has 1 aromatic carbocycles. The van der Waals surface area contributed by atoms with Crippen molar-refractivity contribution in [1.82, 2.24) is 5.32 Å². The highest BCUT2D eigenvalue weighted by atomic mass is 79.9. The number of rotatable bonds is 3. The standard InChI is InChI=1S/C11H8BrF4NO3/c1-10(9(19)20,17-8(18)11(14,15)16)6-3-2-5(13)4-7(6)12/h2-4H,1H3,(H,17,18)(H,19,20). The average molecular weight is 358 g/mol. The van der Waals surface area contributed by atoms with Crippen LogP contribution in [-0.4, -0.2) is 23.2 Å². The molecule has 0 saturated heterocycles. The van der Waals surface area contributed by atoms with Gasteiger partial charge in [0.15, 0.2) is 5.54 Å². The molecule has 0 bridgehead atoms. The number of hydrogen-bond donors (Lipinski definition) is 2. The SMILES string of the molecule is CC(NC(=O)C(F)(F)F)(C(=O)O)c1ccc(F)cc1Br. The van der Waals surface area contributed by atoms with E-state index in [2.05, 4.69) is 15.9 Å². The summed E-state index contributed by atoms with van der Waals surface area (Å²) in [6.07, 6.45) is -5.23. The largest absolute Gasteiger partial charge is 0.479 e. The summed E-state index contributed by atoms with van der Waals surface area (Å²) in [5.74, 6) is -4.84. The number of carbonyl (C=O) groups is 2. The van der Waals surface area contributed by atoms with Crippen LogP contribution in [0.15, 0.2) is 22.7 Å². The Labute approximate surface area is 118 Å². The van der Waals surface area contributed by atoms with E-state index in [1.807, 2.05) is 0 Å². The summed E-state index contributed by atoms with van der Waals surface area (Å²) >= 11 is 2.86. The van der Waals surface area contributed by atoms with Crippen LogP contribution in [-0.2, 0) is 15.1 Å². The Morgan fingerprint density at radius 1 is 1.30 bits per heavy atom. The molecule has 1 amide bonds. The molecule has 4 nitrogen and oxygen atoms in total. The second kappa shape index (κ2) is 5.39. The van der Waals surface area contributed by atoms with Crippen LogP contribution in [0.2, 0.25) is 0 Å². The first-order valence-corrected chi connectivity index (χ1v) is 5.86. The third-order valence-electron chi connectivity index (χ3n) is 2.52. The molecular weight excluding hydrogens is 350 g/mol. The van der Waals surface area contributed by atoms with Gasteiger partial charge in [0, 0.05) is 10.0 Å². The fourth-order valence-corrected chi connectivity index (χ4v) is 2.18. The Hall–Kier alpha value is -1.64. The minimum atomic E-state index is -5.23. The van der Waals surface area contributed by atoms with Crippen molar-refractivity contribution in [1.29, 1.82) is 0 Å². The number of alkyl halides is 3. The van der Waals surface area contributed by atoms with E-state index in [9.17, 15) is 27.2 Å². The van der Waals surface area contributed by atoms with Gasteiger partial charge in [-0.3, -0.25) is 4.79 Å². The average Bonchev–Trinajstić information content (AvgIpc) is 2.26. The van der Waals surface area contributed by atoms with Crippen LogP contribution in [0.1, 0.15) is 12.5 Å². The lowest BCUT2D eigenvalue weighted by Crippen LogP contribution is -2.53. The van der Waals surface area contributed by atoms with E-state index in [4.69, 9.17) is 5.11 Å². The molecule has 0 aliphatic carbocycles. The summed E-state index contributed by atoms with van der Waals surface area (Å²) in [5.41, 5.74) is -2.58. The number of aliphatic carboxylic acids is 1. The zero-order chi connectivity index (χ0) is 15.7. The molecular formula is C11H8BrF4NO3. The number of hydrogen-bond acceptors (Lipinski definition) is 2. The fraction of sp³-hybridized carbons (Fsp3) is 0.273. The van der Waals surface area contributed by atoms with Crippen molar-refractivity contribution in [2.75, 3.05) is 0 Å². The first-order chi connectivity index (χ1) is 8.98. The quantitative estimate of drug-likeness (QED) is 0.817. The first-order valence-electron chi connectivity index (χ1n) is 5.06. The Kier molecular flexibility index (Phi) is 4.42. The molecule has 9 heteroatoms. The van der Waals surface area contributed by atoms with E-state index >= 15 is 0 Å². The van der Waals surface area contributed by atoms with Gasteiger partial charge >= 0.3 is 18.1 Å². The second-order valence-electron chi connectivity index (χ2n) is 4.01. The zero-order valence-corrected chi connectivity index (χ0v) is 11.5. The molecule has 0 fully saturated rings. The van der Waals surface area contributed by atoms with Gasteiger partial charge in [-0.25, -0.2) is 9.18 Å². The van der Waals surface area contributed by atoms with Gasteiger partial charge in [-0.2, -0.15) is 13.2 Å². The van der Waals surface area contributed by atoms with E-state index in [1.54, 1.807) is 0 Å².